The Morgan fingerprint density at radius 2 is 1.94 bits per heavy atom. The number of sulfonamides is 1. The van der Waals surface area contributed by atoms with Crippen LogP contribution in [0.2, 0.25) is 0 Å². The first-order valence-corrected chi connectivity index (χ1v) is 7.98. The molecule has 1 rings (SSSR count). The number of primary sulfonamides is 1. The third-order valence-corrected chi connectivity index (χ3v) is 4.10. The molecule has 0 saturated heterocycles. The van der Waals surface area contributed by atoms with E-state index in [0.717, 1.165) is 6.07 Å². The van der Waals surface area contributed by atoms with Gasteiger partial charge in [-0.1, -0.05) is 6.92 Å². The lowest BCUT2D eigenvalue weighted by Gasteiger charge is -2.05. The van der Waals surface area contributed by atoms with Gasteiger partial charge in [0, 0.05) is 16.9 Å². The van der Waals surface area contributed by atoms with Crippen molar-refractivity contribution in [2.75, 3.05) is 0 Å². The molecule has 0 radical (unpaired) electrons. The summed E-state index contributed by atoms with van der Waals surface area (Å²) in [5, 5.41) is 4.15. The monoisotopic (exact) mass is 284 g/mol. The smallest absolute Gasteiger partial charge is 0.242 e. The number of pyridine rings is 1. The van der Waals surface area contributed by atoms with Gasteiger partial charge in [-0.25, -0.2) is 27.0 Å². The molecule has 0 fully saturated rings. The summed E-state index contributed by atoms with van der Waals surface area (Å²) in [6, 6.07) is 1.15. The van der Waals surface area contributed by atoms with Gasteiger partial charge in [-0.15, -0.1) is 0 Å². The molecule has 0 amide bonds. The van der Waals surface area contributed by atoms with E-state index >= 15 is 0 Å². The van der Waals surface area contributed by atoms with Crippen LogP contribution >= 0.6 is 10.7 Å². The lowest BCUT2D eigenvalue weighted by Crippen LogP contribution is -2.17. The number of hydrogen-bond donors (Lipinski definition) is 1. The average molecular weight is 285 g/mol. The Hall–Kier alpha value is -0.700. The van der Waals surface area contributed by atoms with Gasteiger partial charge in [0.2, 0.25) is 10.0 Å². The molecule has 0 bridgehead atoms. The highest BCUT2D eigenvalue weighted by Gasteiger charge is 2.24. The van der Waals surface area contributed by atoms with Gasteiger partial charge < -0.3 is 0 Å². The first-order chi connectivity index (χ1) is 7.16. The minimum atomic E-state index is -4.24. The van der Waals surface area contributed by atoms with E-state index in [1.54, 1.807) is 6.92 Å². The van der Waals surface area contributed by atoms with Crippen LogP contribution in [0.1, 0.15) is 12.5 Å². The van der Waals surface area contributed by atoms with Gasteiger partial charge in [0.25, 0.3) is 9.05 Å². The number of halogens is 1. The van der Waals surface area contributed by atoms with Crippen LogP contribution < -0.4 is 5.14 Å². The van der Waals surface area contributed by atoms with Crippen LogP contribution in [-0.2, 0) is 25.5 Å². The normalized spacial score (nSPS) is 12.7. The van der Waals surface area contributed by atoms with E-state index in [-0.39, 0.29) is 0 Å². The van der Waals surface area contributed by atoms with Crippen molar-refractivity contribution in [3.63, 3.8) is 0 Å². The van der Waals surface area contributed by atoms with Crippen molar-refractivity contribution in [3.05, 3.63) is 17.8 Å². The molecule has 1 aromatic rings. The minimum Gasteiger partial charge on any atom is -0.242 e. The van der Waals surface area contributed by atoms with E-state index in [0.29, 0.717) is 12.0 Å². The second kappa shape index (κ2) is 4.28. The number of aromatic nitrogens is 1. The maximum atomic E-state index is 11.2. The van der Waals surface area contributed by atoms with Crippen molar-refractivity contribution in [1.29, 1.82) is 0 Å². The first-order valence-electron chi connectivity index (χ1n) is 4.12. The van der Waals surface area contributed by atoms with Crippen LogP contribution in [0.5, 0.6) is 0 Å². The maximum absolute atomic E-state index is 11.2. The average Bonchev–Trinajstić information content (AvgIpc) is 2.14. The highest BCUT2D eigenvalue weighted by atomic mass is 35.7. The molecule has 0 atom stereocenters. The molecule has 0 aliphatic rings. The van der Waals surface area contributed by atoms with Crippen molar-refractivity contribution in [2.45, 2.75) is 23.3 Å². The summed E-state index contributed by atoms with van der Waals surface area (Å²) in [7, 11) is -3.36. The van der Waals surface area contributed by atoms with Crippen LogP contribution in [0.25, 0.3) is 0 Å². The van der Waals surface area contributed by atoms with Gasteiger partial charge in [-0.2, -0.15) is 0 Å². The summed E-state index contributed by atoms with van der Waals surface area (Å²) in [6.07, 6.45) is 1.74. The second-order valence-electron chi connectivity index (χ2n) is 2.98. The molecule has 0 aliphatic heterocycles. The van der Waals surface area contributed by atoms with E-state index in [2.05, 4.69) is 4.98 Å². The highest BCUT2D eigenvalue weighted by molar-refractivity contribution is 8.14. The molecular formula is C7H9ClN2O4S2. The Balaban J connectivity index is 3.66. The van der Waals surface area contributed by atoms with Gasteiger partial charge in [0.1, 0.15) is 4.90 Å². The molecule has 0 aromatic carbocycles. The maximum Gasteiger partial charge on any atom is 0.280 e. The predicted molar refractivity (Wildman–Crippen MR) is 58.0 cm³/mol. The summed E-state index contributed by atoms with van der Waals surface area (Å²) in [4.78, 5) is 2.93. The molecule has 1 aromatic heterocycles. The molecule has 9 heteroatoms. The lowest BCUT2D eigenvalue weighted by atomic mass is 10.2. The summed E-state index contributed by atoms with van der Waals surface area (Å²) in [5.41, 5.74) is 0.549. The highest BCUT2D eigenvalue weighted by Crippen LogP contribution is 2.22. The van der Waals surface area contributed by atoms with Gasteiger partial charge >= 0.3 is 0 Å². The van der Waals surface area contributed by atoms with E-state index in [9.17, 15) is 16.8 Å². The van der Waals surface area contributed by atoms with Crippen molar-refractivity contribution in [3.8, 4) is 0 Å². The molecule has 1 heterocycles. The Bertz CT molecular complexity index is 609. The number of nitrogens with zero attached hydrogens (tertiary/aromatic N) is 1. The molecule has 90 valence electrons. The summed E-state index contributed by atoms with van der Waals surface area (Å²) in [5.74, 6) is 0. The van der Waals surface area contributed by atoms with E-state index in [4.69, 9.17) is 15.8 Å². The van der Waals surface area contributed by atoms with E-state index in [1.807, 2.05) is 0 Å². The Morgan fingerprint density at radius 1 is 1.38 bits per heavy atom. The molecule has 0 saturated carbocycles. The van der Waals surface area contributed by atoms with Gasteiger partial charge in [-0.05, 0) is 18.1 Å². The second-order valence-corrected chi connectivity index (χ2v) is 6.99. The quantitative estimate of drug-likeness (QED) is 0.799. The third kappa shape index (κ3) is 2.91. The molecule has 0 aliphatic carbocycles. The Labute approximate surface area is 97.9 Å². The SMILES string of the molecule is CCc1cnc(S(=O)(=O)Cl)c(S(N)(=O)=O)c1. The van der Waals surface area contributed by atoms with Crippen LogP contribution in [0.4, 0.5) is 0 Å². The fourth-order valence-corrected chi connectivity index (χ4v) is 3.33. The first kappa shape index (κ1) is 13.4. The van der Waals surface area contributed by atoms with Crippen LogP contribution in [0, 0.1) is 0 Å². The van der Waals surface area contributed by atoms with E-state index in [1.165, 1.54) is 6.20 Å². The van der Waals surface area contributed by atoms with Crippen molar-refractivity contribution < 1.29 is 16.8 Å². The zero-order valence-corrected chi connectivity index (χ0v) is 10.6. The standard InChI is InChI=1S/C7H9ClN2O4S2/c1-2-5-3-6(16(9,13)14)7(10-4-5)15(8,11)12/h3-4H,2H2,1H3,(H2,9,13,14). The number of rotatable bonds is 3. The molecule has 16 heavy (non-hydrogen) atoms. The number of aryl methyl sites for hydroxylation is 1. The Morgan fingerprint density at radius 3 is 2.31 bits per heavy atom. The number of nitrogens with two attached hydrogens (primary N) is 1. The molecule has 2 N–H and O–H groups in total. The summed E-state index contributed by atoms with van der Waals surface area (Å²) in [6.45, 7) is 1.76. The fraction of sp³-hybridized carbons (Fsp3) is 0.286. The van der Waals surface area contributed by atoms with E-state index < -0.39 is 29.0 Å². The van der Waals surface area contributed by atoms with Crippen LogP contribution in [0.15, 0.2) is 22.2 Å². The van der Waals surface area contributed by atoms with Crippen molar-refractivity contribution >= 4 is 29.8 Å². The zero-order valence-electron chi connectivity index (χ0n) is 8.21. The summed E-state index contributed by atoms with van der Waals surface area (Å²) >= 11 is 0. The van der Waals surface area contributed by atoms with Gasteiger partial charge in [0.15, 0.2) is 5.03 Å². The molecule has 0 unspecified atom stereocenters. The van der Waals surface area contributed by atoms with Gasteiger partial charge in [0.05, 0.1) is 0 Å². The molecule has 6 nitrogen and oxygen atoms in total. The molecular weight excluding hydrogens is 276 g/mol. The Kier molecular flexibility index (Phi) is 3.58. The predicted octanol–water partition coefficient (Wildman–Crippen LogP) is 0.219. The van der Waals surface area contributed by atoms with Gasteiger partial charge in [-0.3, -0.25) is 0 Å². The largest absolute Gasteiger partial charge is 0.280 e. The number of hydrogen-bond acceptors (Lipinski definition) is 5. The van der Waals surface area contributed by atoms with Crippen molar-refractivity contribution in [1.82, 2.24) is 4.98 Å². The van der Waals surface area contributed by atoms with Crippen molar-refractivity contribution in [2.24, 2.45) is 5.14 Å². The fourth-order valence-electron chi connectivity index (χ4n) is 1.05. The lowest BCUT2D eigenvalue weighted by molar-refractivity contribution is 0.585. The minimum absolute atomic E-state index is 0.498. The summed E-state index contributed by atoms with van der Waals surface area (Å²) < 4.78 is 44.5. The third-order valence-electron chi connectivity index (χ3n) is 1.82. The van der Waals surface area contributed by atoms with Crippen LogP contribution in [0.3, 0.4) is 0 Å². The topological polar surface area (TPSA) is 107 Å². The molecule has 0 spiro atoms. The zero-order chi connectivity index (χ0) is 12.6. The van der Waals surface area contributed by atoms with Crippen LogP contribution in [-0.4, -0.2) is 21.8 Å².